The Balaban J connectivity index is 2.20. The maximum absolute atomic E-state index is 13.5. The molecule has 1 aromatic carbocycles. The predicted octanol–water partition coefficient (Wildman–Crippen LogP) is 5.94. The van der Waals surface area contributed by atoms with Crippen LogP contribution in [0.1, 0.15) is 50.5 Å². The van der Waals surface area contributed by atoms with Gasteiger partial charge in [-0.1, -0.05) is 53.9 Å². The lowest BCUT2D eigenvalue weighted by Gasteiger charge is -2.29. The van der Waals surface area contributed by atoms with Crippen LogP contribution >= 0.6 is 27.3 Å². The van der Waals surface area contributed by atoms with Crippen molar-refractivity contribution in [3.63, 3.8) is 0 Å². The van der Waals surface area contributed by atoms with Crippen LogP contribution in [0.15, 0.2) is 46.3 Å². The molecule has 2 rings (SSSR count). The number of carbonyl (C=O) groups excluding carboxylic acids is 2. The maximum atomic E-state index is 13.5. The Bertz CT molecular complexity index is 801. The SMILES string of the molecule is [CH2]CCC[C@H](NC(=O)OC(C)(C)C)C(=O)N(Cc1ccc(Br)cc1)Cc1cccs1. The van der Waals surface area contributed by atoms with Gasteiger partial charge in [-0.2, -0.15) is 0 Å². The Morgan fingerprint density at radius 3 is 2.47 bits per heavy atom. The van der Waals surface area contributed by atoms with Crippen LogP contribution in [0.2, 0.25) is 0 Å². The molecule has 30 heavy (non-hydrogen) atoms. The summed E-state index contributed by atoms with van der Waals surface area (Å²) in [5.41, 5.74) is 0.397. The van der Waals surface area contributed by atoms with Crippen LogP contribution in [0.5, 0.6) is 0 Å². The molecule has 0 aliphatic heterocycles. The highest BCUT2D eigenvalue weighted by molar-refractivity contribution is 9.10. The smallest absolute Gasteiger partial charge is 0.408 e. The number of ether oxygens (including phenoxy) is 1. The van der Waals surface area contributed by atoms with Crippen LogP contribution in [-0.4, -0.2) is 28.5 Å². The van der Waals surface area contributed by atoms with E-state index >= 15 is 0 Å². The van der Waals surface area contributed by atoms with Gasteiger partial charge in [0.05, 0.1) is 6.54 Å². The molecule has 1 N–H and O–H groups in total. The first-order valence-electron chi connectivity index (χ1n) is 10.0. The monoisotopic (exact) mass is 493 g/mol. The Labute approximate surface area is 191 Å². The van der Waals surface area contributed by atoms with Crippen LogP contribution in [0.4, 0.5) is 4.79 Å². The minimum Gasteiger partial charge on any atom is -0.444 e. The average Bonchev–Trinajstić information content (AvgIpc) is 3.17. The van der Waals surface area contributed by atoms with Crippen molar-refractivity contribution in [2.45, 2.75) is 64.8 Å². The summed E-state index contributed by atoms with van der Waals surface area (Å²) < 4.78 is 6.36. The summed E-state index contributed by atoms with van der Waals surface area (Å²) in [6.07, 6.45) is 1.36. The molecule has 0 aliphatic carbocycles. The molecule has 0 aliphatic rings. The van der Waals surface area contributed by atoms with Crippen molar-refractivity contribution in [2.24, 2.45) is 0 Å². The van der Waals surface area contributed by atoms with Gasteiger partial charge in [0.2, 0.25) is 5.91 Å². The topological polar surface area (TPSA) is 58.6 Å². The highest BCUT2D eigenvalue weighted by atomic mass is 79.9. The first kappa shape index (κ1) is 24.4. The van der Waals surface area contributed by atoms with Gasteiger partial charge in [0.15, 0.2) is 0 Å². The largest absolute Gasteiger partial charge is 0.444 e. The lowest BCUT2D eigenvalue weighted by molar-refractivity contribution is -0.135. The number of halogens is 1. The van der Waals surface area contributed by atoms with E-state index in [0.29, 0.717) is 25.9 Å². The normalized spacial score (nSPS) is 12.3. The third kappa shape index (κ3) is 8.48. The van der Waals surface area contributed by atoms with Gasteiger partial charge in [-0.15, -0.1) is 11.3 Å². The standard InChI is InChI=1S/C23H30BrN2O3S/c1-5-6-9-20(25-22(28)29-23(2,3)4)21(27)26(16-19-8-7-14-30-19)15-17-10-12-18(24)13-11-17/h7-8,10-14,20H,1,5-6,9,15-16H2,2-4H3,(H,25,28)/t20-/m0/s1. The summed E-state index contributed by atoms with van der Waals surface area (Å²) >= 11 is 5.06. The summed E-state index contributed by atoms with van der Waals surface area (Å²) in [7, 11) is 0. The Morgan fingerprint density at radius 1 is 1.20 bits per heavy atom. The number of hydrogen-bond donors (Lipinski definition) is 1. The lowest BCUT2D eigenvalue weighted by Crippen LogP contribution is -2.49. The molecule has 1 atom stereocenters. The van der Waals surface area contributed by atoms with E-state index in [0.717, 1.165) is 21.3 Å². The van der Waals surface area contributed by atoms with E-state index in [1.807, 2.05) is 41.8 Å². The van der Waals surface area contributed by atoms with Crippen LogP contribution < -0.4 is 5.32 Å². The Hall–Kier alpha value is -1.86. The molecule has 0 fully saturated rings. The van der Waals surface area contributed by atoms with Gasteiger partial charge in [-0.25, -0.2) is 4.79 Å². The van der Waals surface area contributed by atoms with Crippen molar-refractivity contribution in [2.75, 3.05) is 0 Å². The van der Waals surface area contributed by atoms with Crippen LogP contribution in [0.3, 0.4) is 0 Å². The van der Waals surface area contributed by atoms with Gasteiger partial charge in [-0.3, -0.25) is 4.79 Å². The fraction of sp³-hybridized carbons (Fsp3) is 0.435. The van der Waals surface area contributed by atoms with Gasteiger partial charge in [0.1, 0.15) is 11.6 Å². The molecule has 5 nitrogen and oxygen atoms in total. The second kappa shape index (κ2) is 11.5. The maximum Gasteiger partial charge on any atom is 0.408 e. The second-order valence-electron chi connectivity index (χ2n) is 8.09. The molecule has 0 saturated carbocycles. The number of amides is 2. The molecular weight excluding hydrogens is 464 g/mol. The highest BCUT2D eigenvalue weighted by Gasteiger charge is 2.28. The van der Waals surface area contributed by atoms with Crippen LogP contribution in [0, 0.1) is 6.92 Å². The minimum atomic E-state index is -0.656. The lowest BCUT2D eigenvalue weighted by atomic mass is 10.1. The zero-order chi connectivity index (χ0) is 22.1. The van der Waals surface area contributed by atoms with Gasteiger partial charge >= 0.3 is 6.09 Å². The van der Waals surface area contributed by atoms with E-state index < -0.39 is 17.7 Å². The Kier molecular flexibility index (Phi) is 9.37. The van der Waals surface area contributed by atoms with Gasteiger partial charge in [0.25, 0.3) is 0 Å². The third-order valence-corrected chi connectivity index (χ3v) is 5.65. The summed E-state index contributed by atoms with van der Waals surface area (Å²) in [6, 6.07) is 11.2. The quantitative estimate of drug-likeness (QED) is 0.470. The molecule has 0 spiro atoms. The zero-order valence-electron chi connectivity index (χ0n) is 17.8. The molecule has 0 bridgehead atoms. The fourth-order valence-corrected chi connectivity index (χ4v) is 3.87. The van der Waals surface area contributed by atoms with E-state index in [-0.39, 0.29) is 5.91 Å². The summed E-state index contributed by atoms with van der Waals surface area (Å²) in [5.74, 6) is -0.120. The highest BCUT2D eigenvalue weighted by Crippen LogP contribution is 2.19. The van der Waals surface area contributed by atoms with E-state index in [1.54, 1.807) is 37.0 Å². The number of alkyl carbamates (subject to hydrolysis) is 1. The molecule has 7 heteroatoms. The van der Waals surface area contributed by atoms with E-state index in [1.165, 1.54) is 0 Å². The summed E-state index contributed by atoms with van der Waals surface area (Å²) in [6.45, 7) is 10.2. The van der Waals surface area contributed by atoms with Gasteiger partial charge in [-0.05, 0) is 56.3 Å². The zero-order valence-corrected chi connectivity index (χ0v) is 20.2. The van der Waals surface area contributed by atoms with Crippen molar-refractivity contribution in [3.8, 4) is 0 Å². The molecule has 1 heterocycles. The predicted molar refractivity (Wildman–Crippen MR) is 125 cm³/mol. The van der Waals surface area contributed by atoms with Crippen molar-refractivity contribution in [3.05, 3.63) is 63.6 Å². The fourth-order valence-electron chi connectivity index (χ4n) is 2.89. The number of benzene rings is 1. The van der Waals surface area contributed by atoms with Crippen molar-refractivity contribution in [1.29, 1.82) is 0 Å². The summed E-state index contributed by atoms with van der Waals surface area (Å²) in [5, 5.41) is 4.78. The van der Waals surface area contributed by atoms with Crippen LogP contribution in [0.25, 0.3) is 0 Å². The number of nitrogens with one attached hydrogen (secondary N) is 1. The van der Waals surface area contributed by atoms with Gasteiger partial charge < -0.3 is 15.0 Å². The molecule has 1 radical (unpaired) electrons. The number of nitrogens with zero attached hydrogens (tertiary/aromatic N) is 1. The van der Waals surface area contributed by atoms with Crippen LogP contribution in [-0.2, 0) is 22.6 Å². The van der Waals surface area contributed by atoms with E-state index in [9.17, 15) is 9.59 Å². The van der Waals surface area contributed by atoms with E-state index in [2.05, 4.69) is 28.2 Å². The van der Waals surface area contributed by atoms with Gasteiger partial charge in [0, 0.05) is 15.9 Å². The van der Waals surface area contributed by atoms with Crippen molar-refractivity contribution < 1.29 is 14.3 Å². The molecule has 2 aromatic rings. The Morgan fingerprint density at radius 2 is 1.90 bits per heavy atom. The minimum absolute atomic E-state index is 0.120. The molecule has 0 unspecified atom stereocenters. The first-order chi connectivity index (χ1) is 14.2. The molecular formula is C23H30BrN2O3S. The molecule has 1 aromatic heterocycles. The van der Waals surface area contributed by atoms with Crippen molar-refractivity contribution >= 4 is 39.3 Å². The summed E-state index contributed by atoms with van der Waals surface area (Å²) in [4.78, 5) is 28.7. The number of unbranched alkanes of at least 4 members (excludes halogenated alkanes) is 1. The number of rotatable bonds is 9. The van der Waals surface area contributed by atoms with E-state index in [4.69, 9.17) is 4.74 Å². The number of carbonyl (C=O) groups is 2. The second-order valence-corrected chi connectivity index (χ2v) is 10.0. The first-order valence-corrected chi connectivity index (χ1v) is 11.7. The molecule has 0 saturated heterocycles. The third-order valence-electron chi connectivity index (χ3n) is 4.26. The number of hydrogen-bond acceptors (Lipinski definition) is 4. The molecule has 2 amide bonds. The number of thiophene rings is 1. The van der Waals surface area contributed by atoms with Crippen molar-refractivity contribution in [1.82, 2.24) is 10.2 Å². The average molecular weight is 494 g/mol. The molecule has 163 valence electrons.